The average molecular weight is 158 g/mol. The fraction of sp³-hybridized carbons (Fsp3) is 0.200. The van der Waals surface area contributed by atoms with Crippen LogP contribution < -0.4 is 4.74 Å². The van der Waals surface area contributed by atoms with Crippen molar-refractivity contribution < 1.29 is 4.74 Å². The van der Waals surface area contributed by atoms with Crippen molar-refractivity contribution >= 4 is 0 Å². The molecular formula is C10H8NO. The summed E-state index contributed by atoms with van der Waals surface area (Å²) in [5.74, 6) is 0.834. The predicted molar refractivity (Wildman–Crippen MR) is 44.7 cm³/mol. The van der Waals surface area contributed by atoms with E-state index >= 15 is 0 Å². The van der Waals surface area contributed by atoms with Crippen molar-refractivity contribution in [1.82, 2.24) is 0 Å². The molecule has 0 spiro atoms. The third-order valence-electron chi connectivity index (χ3n) is 1.91. The maximum Gasteiger partial charge on any atom is 0.124 e. The number of fused-ring (bicyclic) bond motifs is 1. The van der Waals surface area contributed by atoms with E-state index < -0.39 is 0 Å². The van der Waals surface area contributed by atoms with E-state index in [-0.39, 0.29) is 0 Å². The summed E-state index contributed by atoms with van der Waals surface area (Å²) in [6.45, 7) is 0.724. The van der Waals surface area contributed by atoms with Gasteiger partial charge in [-0.15, -0.1) is 0 Å². The van der Waals surface area contributed by atoms with Crippen LogP contribution in [0.4, 0.5) is 0 Å². The molecule has 1 aromatic carbocycles. The summed E-state index contributed by atoms with van der Waals surface area (Å²) in [5, 5.41) is 8.77. The van der Waals surface area contributed by atoms with Crippen LogP contribution in [0.5, 0.6) is 5.75 Å². The average Bonchev–Trinajstić information content (AvgIpc) is 2.17. The molecule has 0 unspecified atom stereocenters. The van der Waals surface area contributed by atoms with Crippen LogP contribution >= 0.6 is 0 Å². The molecule has 1 aromatic rings. The highest BCUT2D eigenvalue weighted by atomic mass is 16.5. The standard InChI is InChI=1S/C10H8NO/c11-7-8-3-1-5-10-9(8)4-2-6-12-10/h1,3-5H,2,6H2. The molecule has 0 aromatic heterocycles. The maximum absolute atomic E-state index is 8.77. The Labute approximate surface area is 71.4 Å². The van der Waals surface area contributed by atoms with E-state index in [9.17, 15) is 0 Å². The molecule has 0 amide bonds. The second-order valence-electron chi connectivity index (χ2n) is 2.67. The van der Waals surface area contributed by atoms with E-state index in [2.05, 4.69) is 12.5 Å². The molecule has 0 aliphatic carbocycles. The fourth-order valence-electron chi connectivity index (χ4n) is 1.35. The van der Waals surface area contributed by atoms with Crippen LogP contribution in [0.25, 0.3) is 0 Å². The van der Waals surface area contributed by atoms with Gasteiger partial charge in [-0.2, -0.15) is 5.26 Å². The van der Waals surface area contributed by atoms with Crippen LogP contribution in [0.15, 0.2) is 18.2 Å². The second-order valence-corrected chi connectivity index (χ2v) is 2.67. The number of nitrogens with zero attached hydrogens (tertiary/aromatic N) is 1. The fourth-order valence-corrected chi connectivity index (χ4v) is 1.35. The topological polar surface area (TPSA) is 33.0 Å². The van der Waals surface area contributed by atoms with Gasteiger partial charge in [0.25, 0.3) is 0 Å². The minimum absolute atomic E-state index is 0.701. The quantitative estimate of drug-likeness (QED) is 0.577. The van der Waals surface area contributed by atoms with Crippen molar-refractivity contribution in [2.24, 2.45) is 0 Å². The highest BCUT2D eigenvalue weighted by molar-refractivity contribution is 5.51. The van der Waals surface area contributed by atoms with Crippen LogP contribution in [-0.4, -0.2) is 6.61 Å². The van der Waals surface area contributed by atoms with Gasteiger partial charge in [-0.25, -0.2) is 0 Å². The van der Waals surface area contributed by atoms with Crippen molar-refractivity contribution in [1.29, 1.82) is 5.26 Å². The van der Waals surface area contributed by atoms with E-state index in [1.165, 1.54) is 0 Å². The largest absolute Gasteiger partial charge is 0.493 e. The van der Waals surface area contributed by atoms with Crippen LogP contribution in [0.1, 0.15) is 17.5 Å². The van der Waals surface area contributed by atoms with Gasteiger partial charge >= 0.3 is 0 Å². The Kier molecular flexibility index (Phi) is 1.71. The Morgan fingerprint density at radius 1 is 1.42 bits per heavy atom. The molecule has 59 valence electrons. The van der Waals surface area contributed by atoms with E-state index in [0.29, 0.717) is 5.56 Å². The Hall–Kier alpha value is -1.49. The third kappa shape index (κ3) is 1.04. The van der Waals surface area contributed by atoms with Gasteiger partial charge in [-0.05, 0) is 25.0 Å². The lowest BCUT2D eigenvalue weighted by Crippen LogP contribution is -2.07. The van der Waals surface area contributed by atoms with Gasteiger partial charge in [0.2, 0.25) is 0 Å². The summed E-state index contributed by atoms with van der Waals surface area (Å²) in [5.41, 5.74) is 1.65. The van der Waals surface area contributed by atoms with Gasteiger partial charge in [0, 0.05) is 5.56 Å². The van der Waals surface area contributed by atoms with Crippen LogP contribution in [-0.2, 0) is 0 Å². The van der Waals surface area contributed by atoms with E-state index in [1.807, 2.05) is 18.2 Å². The lowest BCUT2D eigenvalue weighted by molar-refractivity contribution is 0.306. The number of benzene rings is 1. The first-order valence-electron chi connectivity index (χ1n) is 3.91. The summed E-state index contributed by atoms with van der Waals surface area (Å²) >= 11 is 0. The van der Waals surface area contributed by atoms with Crippen LogP contribution in [0.3, 0.4) is 0 Å². The van der Waals surface area contributed by atoms with Crippen molar-refractivity contribution in [3.05, 3.63) is 35.7 Å². The molecule has 2 rings (SSSR count). The van der Waals surface area contributed by atoms with E-state index in [0.717, 1.165) is 24.3 Å². The molecule has 1 heterocycles. The number of rotatable bonds is 0. The molecular weight excluding hydrogens is 150 g/mol. The lowest BCUT2D eigenvalue weighted by Gasteiger charge is -2.17. The van der Waals surface area contributed by atoms with Crippen molar-refractivity contribution in [2.75, 3.05) is 6.61 Å². The highest BCUT2D eigenvalue weighted by Crippen LogP contribution is 2.28. The number of hydrogen-bond acceptors (Lipinski definition) is 2. The van der Waals surface area contributed by atoms with Crippen LogP contribution in [0, 0.1) is 17.8 Å². The Morgan fingerprint density at radius 3 is 3.17 bits per heavy atom. The molecule has 2 heteroatoms. The zero-order valence-electron chi connectivity index (χ0n) is 6.58. The maximum atomic E-state index is 8.77. The summed E-state index contributed by atoms with van der Waals surface area (Å²) in [7, 11) is 0. The van der Waals surface area contributed by atoms with Gasteiger partial charge in [-0.3, -0.25) is 0 Å². The number of nitriles is 1. The summed E-state index contributed by atoms with van der Waals surface area (Å²) in [6.07, 6.45) is 2.95. The van der Waals surface area contributed by atoms with Crippen molar-refractivity contribution in [3.63, 3.8) is 0 Å². The third-order valence-corrected chi connectivity index (χ3v) is 1.91. The molecule has 1 aliphatic heterocycles. The number of ether oxygens (including phenoxy) is 1. The predicted octanol–water partition coefficient (Wildman–Crippen LogP) is 1.89. The highest BCUT2D eigenvalue weighted by Gasteiger charge is 2.13. The molecule has 0 fully saturated rings. The Morgan fingerprint density at radius 2 is 2.33 bits per heavy atom. The summed E-state index contributed by atoms with van der Waals surface area (Å²) in [6, 6.07) is 7.69. The summed E-state index contributed by atoms with van der Waals surface area (Å²) in [4.78, 5) is 0. The Balaban J connectivity index is 2.53. The molecule has 0 atom stereocenters. The smallest absolute Gasteiger partial charge is 0.124 e. The molecule has 0 saturated heterocycles. The van der Waals surface area contributed by atoms with Gasteiger partial charge in [0.1, 0.15) is 5.75 Å². The zero-order chi connectivity index (χ0) is 8.39. The molecule has 1 radical (unpaired) electrons. The Bertz CT molecular complexity index is 338. The molecule has 0 bridgehead atoms. The SMILES string of the molecule is N#Cc1cccc2c1[CH]CCO2. The van der Waals surface area contributed by atoms with Crippen molar-refractivity contribution in [3.8, 4) is 11.8 Å². The minimum atomic E-state index is 0.701. The normalized spacial score (nSPS) is 14.2. The van der Waals surface area contributed by atoms with Gasteiger partial charge in [0.05, 0.1) is 18.2 Å². The van der Waals surface area contributed by atoms with Gasteiger partial charge in [-0.1, -0.05) is 6.07 Å². The molecule has 0 N–H and O–H groups in total. The number of hydrogen-bond donors (Lipinski definition) is 0. The molecule has 2 nitrogen and oxygen atoms in total. The summed E-state index contributed by atoms with van der Waals surface area (Å²) < 4.78 is 5.38. The van der Waals surface area contributed by atoms with Crippen LogP contribution in [0.2, 0.25) is 0 Å². The first-order chi connectivity index (χ1) is 5.92. The lowest BCUT2D eigenvalue weighted by atomic mass is 10.0. The van der Waals surface area contributed by atoms with Crippen molar-refractivity contribution in [2.45, 2.75) is 6.42 Å². The minimum Gasteiger partial charge on any atom is -0.493 e. The molecule has 0 saturated carbocycles. The molecule has 12 heavy (non-hydrogen) atoms. The van der Waals surface area contributed by atoms with E-state index in [4.69, 9.17) is 10.00 Å². The monoisotopic (exact) mass is 158 g/mol. The van der Waals surface area contributed by atoms with E-state index in [1.54, 1.807) is 0 Å². The van der Waals surface area contributed by atoms with Gasteiger partial charge in [0.15, 0.2) is 0 Å². The van der Waals surface area contributed by atoms with Gasteiger partial charge < -0.3 is 4.74 Å². The first-order valence-corrected chi connectivity index (χ1v) is 3.91. The molecule has 1 aliphatic rings. The zero-order valence-corrected chi connectivity index (χ0v) is 6.58. The second kappa shape index (κ2) is 2.86. The first kappa shape index (κ1) is 7.17.